The summed E-state index contributed by atoms with van der Waals surface area (Å²) in [6, 6.07) is -0.628. The highest BCUT2D eigenvalue weighted by molar-refractivity contribution is 5.97. The van der Waals surface area contributed by atoms with E-state index in [1.807, 2.05) is 0 Å². The lowest BCUT2D eigenvalue weighted by molar-refractivity contribution is -0.117. The van der Waals surface area contributed by atoms with Crippen molar-refractivity contribution in [1.82, 2.24) is 0 Å². The second kappa shape index (κ2) is 4.38. The number of aryl methyl sites for hydroxylation is 2. The van der Waals surface area contributed by atoms with Crippen LogP contribution in [-0.2, 0) is 24.1 Å². The Balaban J connectivity index is 1.96. The molecule has 0 aromatic carbocycles. The Morgan fingerprint density at radius 2 is 2.11 bits per heavy atom. The molecule has 6 nitrogen and oxygen atoms in total. The monoisotopic (exact) mass is 246 g/mol. The molecule has 0 bridgehead atoms. The molecule has 1 amide bonds. The van der Waals surface area contributed by atoms with Gasteiger partial charge in [-0.2, -0.15) is 0 Å². The predicted molar refractivity (Wildman–Crippen MR) is 65.2 cm³/mol. The van der Waals surface area contributed by atoms with Crippen LogP contribution in [0.2, 0.25) is 0 Å². The van der Waals surface area contributed by atoms with E-state index < -0.39 is 6.04 Å². The Labute approximate surface area is 104 Å². The molecule has 1 N–H and O–H groups in total. The molecular formula is C12H14N4O2. The Bertz CT molecular complexity index is 543. The van der Waals surface area contributed by atoms with Gasteiger partial charge in [-0.15, -0.1) is 0 Å². The van der Waals surface area contributed by atoms with Gasteiger partial charge in [0.25, 0.3) is 0 Å². The third-order valence-electron chi connectivity index (χ3n) is 3.63. The molecule has 0 fully saturated rings. The van der Waals surface area contributed by atoms with Crippen LogP contribution in [-0.4, -0.2) is 11.9 Å². The summed E-state index contributed by atoms with van der Waals surface area (Å²) >= 11 is 0. The Kier molecular flexibility index (Phi) is 2.72. The molecule has 0 saturated heterocycles. The minimum Gasteiger partial charge on any atom is -0.464 e. The molecule has 1 aliphatic carbocycles. The number of hydrogen-bond donors (Lipinski definition) is 1. The molecule has 6 heteroatoms. The zero-order chi connectivity index (χ0) is 12.5. The first-order valence-corrected chi connectivity index (χ1v) is 6.28. The summed E-state index contributed by atoms with van der Waals surface area (Å²) in [7, 11) is 0. The van der Waals surface area contributed by atoms with Crippen molar-refractivity contribution >= 4 is 11.6 Å². The number of anilines is 1. The summed E-state index contributed by atoms with van der Waals surface area (Å²) in [6.45, 7) is 0. The third-order valence-corrected chi connectivity index (χ3v) is 3.63. The highest BCUT2D eigenvalue weighted by Crippen LogP contribution is 2.36. The number of azide groups is 1. The Morgan fingerprint density at radius 3 is 2.94 bits per heavy atom. The quantitative estimate of drug-likeness (QED) is 0.468. The second-order valence-corrected chi connectivity index (χ2v) is 4.76. The van der Waals surface area contributed by atoms with E-state index >= 15 is 0 Å². The van der Waals surface area contributed by atoms with Gasteiger partial charge in [0.15, 0.2) is 0 Å². The molecule has 94 valence electrons. The van der Waals surface area contributed by atoms with Gasteiger partial charge >= 0.3 is 0 Å². The third kappa shape index (κ3) is 1.75. The molecule has 1 atom stereocenters. The van der Waals surface area contributed by atoms with E-state index in [2.05, 4.69) is 15.3 Å². The molecule has 18 heavy (non-hydrogen) atoms. The lowest BCUT2D eigenvalue weighted by Gasteiger charge is -2.12. The van der Waals surface area contributed by atoms with Crippen LogP contribution < -0.4 is 5.32 Å². The van der Waals surface area contributed by atoms with Crippen LogP contribution in [0.3, 0.4) is 0 Å². The van der Waals surface area contributed by atoms with Crippen molar-refractivity contribution in [2.45, 2.75) is 44.6 Å². The van der Waals surface area contributed by atoms with E-state index in [0.717, 1.165) is 48.5 Å². The molecule has 1 aromatic heterocycles. The SMILES string of the molecule is [N-]=[N+]=NC1CCc2oc3c(c2NC1=O)CCCC3. The largest absolute Gasteiger partial charge is 0.464 e. The van der Waals surface area contributed by atoms with Crippen LogP contribution in [0.15, 0.2) is 9.53 Å². The maximum Gasteiger partial charge on any atom is 0.233 e. The normalized spacial score (nSPS) is 22.2. The fourth-order valence-electron chi connectivity index (χ4n) is 2.72. The van der Waals surface area contributed by atoms with Gasteiger partial charge in [-0.1, -0.05) is 5.11 Å². The highest BCUT2D eigenvalue weighted by Gasteiger charge is 2.29. The van der Waals surface area contributed by atoms with Gasteiger partial charge in [-0.3, -0.25) is 4.79 Å². The summed E-state index contributed by atoms with van der Waals surface area (Å²) in [5.41, 5.74) is 10.4. The summed E-state index contributed by atoms with van der Waals surface area (Å²) in [5.74, 6) is 1.64. The summed E-state index contributed by atoms with van der Waals surface area (Å²) in [6.07, 6.45) is 5.35. The average molecular weight is 246 g/mol. The summed E-state index contributed by atoms with van der Waals surface area (Å²) < 4.78 is 5.83. The lowest BCUT2D eigenvalue weighted by atomic mass is 9.97. The standard InChI is InChI=1S/C12H14N4O2/c13-16-15-8-5-6-10-11(14-12(8)17)7-3-1-2-4-9(7)18-10/h8H,1-6H2,(H,14,17). The fraction of sp³-hybridized carbons (Fsp3) is 0.583. The average Bonchev–Trinajstić information content (AvgIpc) is 2.65. The Morgan fingerprint density at radius 1 is 1.28 bits per heavy atom. The minimum absolute atomic E-state index is 0.222. The topological polar surface area (TPSA) is 91.0 Å². The summed E-state index contributed by atoms with van der Waals surface area (Å²) in [4.78, 5) is 14.7. The van der Waals surface area contributed by atoms with Crippen LogP contribution in [0.4, 0.5) is 5.69 Å². The van der Waals surface area contributed by atoms with Crippen molar-refractivity contribution in [3.05, 3.63) is 27.5 Å². The second-order valence-electron chi connectivity index (χ2n) is 4.76. The van der Waals surface area contributed by atoms with E-state index in [4.69, 9.17) is 9.95 Å². The lowest BCUT2D eigenvalue weighted by Crippen LogP contribution is -2.24. The zero-order valence-corrected chi connectivity index (χ0v) is 9.98. The molecule has 1 unspecified atom stereocenters. The van der Waals surface area contributed by atoms with Crippen molar-refractivity contribution in [2.24, 2.45) is 5.11 Å². The number of fused-ring (bicyclic) bond motifs is 3. The molecule has 1 aliphatic heterocycles. The van der Waals surface area contributed by atoms with Crippen LogP contribution >= 0.6 is 0 Å². The molecule has 0 saturated carbocycles. The van der Waals surface area contributed by atoms with Crippen molar-refractivity contribution in [1.29, 1.82) is 0 Å². The Hall–Kier alpha value is -1.94. The highest BCUT2D eigenvalue weighted by atomic mass is 16.3. The molecule has 2 heterocycles. The van der Waals surface area contributed by atoms with Gasteiger partial charge < -0.3 is 9.73 Å². The molecule has 0 spiro atoms. The smallest absolute Gasteiger partial charge is 0.233 e. The first-order valence-electron chi connectivity index (χ1n) is 6.28. The molecule has 2 aliphatic rings. The minimum atomic E-state index is -0.628. The summed E-state index contributed by atoms with van der Waals surface area (Å²) in [5, 5.41) is 6.39. The number of carbonyl (C=O) groups is 1. The number of furan rings is 1. The number of hydrogen-bond acceptors (Lipinski definition) is 3. The van der Waals surface area contributed by atoms with Crippen LogP contribution in [0.25, 0.3) is 10.4 Å². The number of nitrogens with one attached hydrogen (secondary N) is 1. The van der Waals surface area contributed by atoms with E-state index in [0.29, 0.717) is 12.8 Å². The van der Waals surface area contributed by atoms with E-state index in [1.165, 1.54) is 0 Å². The van der Waals surface area contributed by atoms with Gasteiger partial charge in [0.05, 0.1) is 5.69 Å². The van der Waals surface area contributed by atoms with Crippen LogP contribution in [0.1, 0.15) is 36.3 Å². The number of nitrogens with zero attached hydrogens (tertiary/aromatic N) is 3. The predicted octanol–water partition coefficient (Wildman–Crippen LogP) is 2.72. The maximum atomic E-state index is 11.9. The van der Waals surface area contributed by atoms with Gasteiger partial charge in [0, 0.05) is 23.3 Å². The van der Waals surface area contributed by atoms with Crippen molar-refractivity contribution in [3.63, 3.8) is 0 Å². The molecule has 0 radical (unpaired) electrons. The number of carbonyl (C=O) groups excluding carboxylic acids is 1. The zero-order valence-electron chi connectivity index (χ0n) is 9.98. The first kappa shape index (κ1) is 11.2. The molecule has 3 rings (SSSR count). The number of amides is 1. The van der Waals surface area contributed by atoms with E-state index in [9.17, 15) is 4.79 Å². The van der Waals surface area contributed by atoms with Gasteiger partial charge in [0.1, 0.15) is 17.6 Å². The van der Waals surface area contributed by atoms with E-state index in [-0.39, 0.29) is 5.91 Å². The van der Waals surface area contributed by atoms with Gasteiger partial charge in [-0.25, -0.2) is 0 Å². The van der Waals surface area contributed by atoms with Crippen LogP contribution in [0, 0.1) is 0 Å². The van der Waals surface area contributed by atoms with Crippen molar-refractivity contribution in [3.8, 4) is 0 Å². The number of rotatable bonds is 1. The molecule has 1 aromatic rings. The maximum absolute atomic E-state index is 11.9. The van der Waals surface area contributed by atoms with Gasteiger partial charge in [-0.05, 0) is 31.2 Å². The first-order chi connectivity index (χ1) is 8.79. The van der Waals surface area contributed by atoms with Crippen LogP contribution in [0.5, 0.6) is 0 Å². The molecular weight excluding hydrogens is 232 g/mol. The van der Waals surface area contributed by atoms with E-state index in [1.54, 1.807) is 0 Å². The van der Waals surface area contributed by atoms with Crippen molar-refractivity contribution in [2.75, 3.05) is 5.32 Å². The van der Waals surface area contributed by atoms with Crippen molar-refractivity contribution < 1.29 is 9.21 Å². The van der Waals surface area contributed by atoms with Gasteiger partial charge in [0.2, 0.25) is 5.91 Å². The fourth-order valence-corrected chi connectivity index (χ4v) is 2.72.